The molecule has 0 atom stereocenters. The Bertz CT molecular complexity index is 1420. The molecule has 0 aliphatic rings. The molecule has 0 aliphatic heterocycles. The highest BCUT2D eigenvalue weighted by atomic mass is 32.1. The van der Waals surface area contributed by atoms with E-state index in [2.05, 4.69) is 36.3 Å². The number of benzene rings is 2. The monoisotopic (exact) mass is 463 g/mol. The number of carbonyl (C=O) groups is 1. The molecule has 8 heteroatoms. The van der Waals surface area contributed by atoms with Gasteiger partial charge < -0.3 is 14.8 Å². The van der Waals surface area contributed by atoms with Crippen molar-refractivity contribution in [2.24, 2.45) is 0 Å². The lowest BCUT2D eigenvalue weighted by molar-refractivity contribution is -0.116. The van der Waals surface area contributed by atoms with E-state index in [4.69, 9.17) is 9.47 Å². The lowest BCUT2D eigenvalue weighted by atomic mass is 9.99. The van der Waals surface area contributed by atoms with Gasteiger partial charge in [-0.2, -0.15) is 0 Å². The van der Waals surface area contributed by atoms with Gasteiger partial charge in [-0.15, -0.1) is 11.3 Å². The molecule has 1 amide bonds. The third-order valence-electron chi connectivity index (χ3n) is 5.63. The van der Waals surface area contributed by atoms with Crippen molar-refractivity contribution in [3.8, 4) is 22.6 Å². The molecule has 0 spiro atoms. The maximum Gasteiger partial charge on any atom is 0.263 e. The predicted molar refractivity (Wildman–Crippen MR) is 132 cm³/mol. The number of hydrogen-bond donors (Lipinski definition) is 1. The quantitative estimate of drug-likeness (QED) is 0.448. The first-order chi connectivity index (χ1) is 15.8. The molecule has 2 heterocycles. The molecule has 1 N–H and O–H groups in total. The molecule has 4 rings (SSSR count). The maximum atomic E-state index is 13.4. The minimum Gasteiger partial charge on any atom is -0.493 e. The Kier molecular flexibility index (Phi) is 6.20. The summed E-state index contributed by atoms with van der Waals surface area (Å²) in [5.41, 5.74) is 4.52. The first kappa shape index (κ1) is 22.5. The molecule has 0 saturated heterocycles. The van der Waals surface area contributed by atoms with Gasteiger partial charge in [0, 0.05) is 22.2 Å². The lowest BCUT2D eigenvalue weighted by Crippen LogP contribution is -2.27. The van der Waals surface area contributed by atoms with Gasteiger partial charge >= 0.3 is 0 Å². The summed E-state index contributed by atoms with van der Waals surface area (Å²) in [7, 11) is 3.07. The first-order valence-electron chi connectivity index (χ1n) is 10.4. The number of rotatable bonds is 6. The van der Waals surface area contributed by atoms with Gasteiger partial charge in [-0.25, -0.2) is 4.98 Å². The van der Waals surface area contributed by atoms with Crippen LogP contribution in [0.15, 0.2) is 47.5 Å². The molecule has 0 unspecified atom stereocenters. The minimum absolute atomic E-state index is 0.155. The zero-order valence-electron chi connectivity index (χ0n) is 19.2. The number of thiophene rings is 1. The van der Waals surface area contributed by atoms with Crippen LogP contribution in [0, 0.1) is 20.8 Å². The fourth-order valence-corrected chi connectivity index (χ4v) is 4.77. The van der Waals surface area contributed by atoms with Crippen molar-refractivity contribution >= 4 is 33.1 Å². The number of fused-ring (bicyclic) bond motifs is 1. The van der Waals surface area contributed by atoms with Gasteiger partial charge in [-0.1, -0.05) is 18.2 Å². The van der Waals surface area contributed by atoms with Crippen LogP contribution in [0.4, 0.5) is 5.69 Å². The zero-order valence-corrected chi connectivity index (χ0v) is 20.0. The highest BCUT2D eigenvalue weighted by Gasteiger charge is 2.18. The van der Waals surface area contributed by atoms with Gasteiger partial charge in [0.05, 0.1) is 25.9 Å². The molecule has 0 aliphatic carbocycles. The fourth-order valence-electron chi connectivity index (χ4n) is 3.76. The summed E-state index contributed by atoms with van der Waals surface area (Å²) in [4.78, 5) is 32.2. The SMILES string of the molecule is COc1ccc(NC(=O)Cn2cnc3sc(C)c(-c4ccc(C)c(C)c4)c3c2=O)cc1OC. The summed E-state index contributed by atoms with van der Waals surface area (Å²) in [5.74, 6) is 0.723. The van der Waals surface area contributed by atoms with E-state index in [9.17, 15) is 9.59 Å². The summed E-state index contributed by atoms with van der Waals surface area (Å²) >= 11 is 1.48. The largest absolute Gasteiger partial charge is 0.493 e. The van der Waals surface area contributed by atoms with Gasteiger partial charge in [-0.3, -0.25) is 14.2 Å². The van der Waals surface area contributed by atoms with E-state index in [0.717, 1.165) is 21.6 Å². The second kappa shape index (κ2) is 9.07. The molecule has 0 fully saturated rings. The number of ether oxygens (including phenoxy) is 2. The minimum atomic E-state index is -0.342. The van der Waals surface area contributed by atoms with Crippen molar-refractivity contribution < 1.29 is 14.3 Å². The molecule has 7 nitrogen and oxygen atoms in total. The number of amides is 1. The third kappa shape index (κ3) is 4.34. The van der Waals surface area contributed by atoms with Gasteiger partial charge in [0.15, 0.2) is 11.5 Å². The summed E-state index contributed by atoms with van der Waals surface area (Å²) < 4.78 is 11.8. The molecule has 33 heavy (non-hydrogen) atoms. The Hall–Kier alpha value is -3.65. The normalized spacial score (nSPS) is 10.9. The van der Waals surface area contributed by atoms with Crippen molar-refractivity contribution in [3.05, 3.63) is 69.1 Å². The van der Waals surface area contributed by atoms with Crippen molar-refractivity contribution in [2.75, 3.05) is 19.5 Å². The summed E-state index contributed by atoms with van der Waals surface area (Å²) in [6.07, 6.45) is 1.43. The summed E-state index contributed by atoms with van der Waals surface area (Å²) in [6, 6.07) is 11.3. The smallest absolute Gasteiger partial charge is 0.263 e. The van der Waals surface area contributed by atoms with Gasteiger partial charge in [0.25, 0.3) is 5.56 Å². The van der Waals surface area contributed by atoms with E-state index < -0.39 is 0 Å². The number of aromatic nitrogens is 2. The van der Waals surface area contributed by atoms with Gasteiger partial charge in [-0.05, 0) is 49.6 Å². The molecule has 0 saturated carbocycles. The van der Waals surface area contributed by atoms with Crippen LogP contribution in [0.2, 0.25) is 0 Å². The standard InChI is InChI=1S/C25H25N3O4S/c1-14-6-7-17(10-15(14)2)22-16(3)33-24-23(22)25(30)28(13-26-24)12-21(29)27-18-8-9-19(31-4)20(11-18)32-5/h6-11,13H,12H2,1-5H3,(H,27,29). The van der Waals surface area contributed by atoms with Crippen LogP contribution in [0.3, 0.4) is 0 Å². The Morgan fingerprint density at radius 1 is 1.03 bits per heavy atom. The number of methoxy groups -OCH3 is 2. The highest BCUT2D eigenvalue weighted by Crippen LogP contribution is 2.36. The van der Waals surface area contributed by atoms with Crippen LogP contribution in [-0.4, -0.2) is 29.7 Å². The average Bonchev–Trinajstić information content (AvgIpc) is 3.14. The van der Waals surface area contributed by atoms with E-state index in [-0.39, 0.29) is 18.0 Å². The summed E-state index contributed by atoms with van der Waals surface area (Å²) in [5, 5.41) is 3.34. The predicted octanol–water partition coefficient (Wildman–Crippen LogP) is 4.71. The molecule has 170 valence electrons. The molecule has 4 aromatic rings. The maximum absolute atomic E-state index is 13.4. The number of hydrogen-bond acceptors (Lipinski definition) is 6. The summed E-state index contributed by atoms with van der Waals surface area (Å²) in [6.45, 7) is 5.95. The van der Waals surface area contributed by atoms with Crippen LogP contribution in [0.25, 0.3) is 21.3 Å². The molecule has 2 aromatic heterocycles. The van der Waals surface area contributed by atoms with E-state index >= 15 is 0 Å². The van der Waals surface area contributed by atoms with Crippen molar-refractivity contribution in [1.82, 2.24) is 9.55 Å². The van der Waals surface area contributed by atoms with Crippen LogP contribution in [0.5, 0.6) is 11.5 Å². The molecular formula is C25H25N3O4S. The van der Waals surface area contributed by atoms with E-state index in [1.165, 1.54) is 34.9 Å². The first-order valence-corrected chi connectivity index (χ1v) is 11.2. The van der Waals surface area contributed by atoms with Gasteiger partial charge in [0.2, 0.25) is 5.91 Å². The number of nitrogens with one attached hydrogen (secondary N) is 1. The Labute approximate surface area is 195 Å². The zero-order chi connectivity index (χ0) is 23.7. The number of aryl methyl sites for hydroxylation is 3. The van der Waals surface area contributed by atoms with Crippen LogP contribution >= 0.6 is 11.3 Å². The van der Waals surface area contributed by atoms with E-state index in [0.29, 0.717) is 27.4 Å². The number of nitrogens with zero attached hydrogens (tertiary/aromatic N) is 2. The number of carbonyl (C=O) groups excluding carboxylic acids is 1. The van der Waals surface area contributed by atoms with Crippen molar-refractivity contribution in [2.45, 2.75) is 27.3 Å². The van der Waals surface area contributed by atoms with Crippen LogP contribution in [-0.2, 0) is 11.3 Å². The van der Waals surface area contributed by atoms with E-state index in [1.807, 2.05) is 13.0 Å². The average molecular weight is 464 g/mol. The van der Waals surface area contributed by atoms with Crippen molar-refractivity contribution in [1.29, 1.82) is 0 Å². The fraction of sp³-hybridized carbons (Fsp3) is 0.240. The van der Waals surface area contributed by atoms with Crippen LogP contribution < -0.4 is 20.3 Å². The second-order valence-corrected chi connectivity index (χ2v) is 9.01. The highest BCUT2D eigenvalue weighted by molar-refractivity contribution is 7.19. The Morgan fingerprint density at radius 2 is 1.79 bits per heavy atom. The Morgan fingerprint density at radius 3 is 2.48 bits per heavy atom. The van der Waals surface area contributed by atoms with E-state index in [1.54, 1.807) is 25.3 Å². The molecule has 0 radical (unpaired) electrons. The molecular weight excluding hydrogens is 438 g/mol. The molecule has 2 aromatic carbocycles. The number of anilines is 1. The third-order valence-corrected chi connectivity index (χ3v) is 6.64. The van der Waals surface area contributed by atoms with Gasteiger partial charge in [0.1, 0.15) is 11.4 Å². The Balaban J connectivity index is 1.66. The van der Waals surface area contributed by atoms with Crippen molar-refractivity contribution in [3.63, 3.8) is 0 Å². The van der Waals surface area contributed by atoms with Crippen LogP contribution in [0.1, 0.15) is 16.0 Å². The molecule has 0 bridgehead atoms. The topological polar surface area (TPSA) is 82.5 Å². The second-order valence-electron chi connectivity index (χ2n) is 7.81. The lowest BCUT2D eigenvalue weighted by Gasteiger charge is -2.11.